The molecule has 0 aliphatic heterocycles. The van der Waals surface area contributed by atoms with Crippen LogP contribution < -0.4 is 11.1 Å². The summed E-state index contributed by atoms with van der Waals surface area (Å²) >= 11 is 0. The number of carbonyl (C=O) groups is 1. The third-order valence-corrected chi connectivity index (χ3v) is 4.06. The summed E-state index contributed by atoms with van der Waals surface area (Å²) < 4.78 is 37.8. The average Bonchev–Trinajstić information content (AvgIpc) is 2.53. The number of aryl methyl sites for hydroxylation is 2. The molecule has 0 saturated heterocycles. The van der Waals surface area contributed by atoms with Gasteiger partial charge in [0.05, 0.1) is 16.9 Å². The van der Waals surface area contributed by atoms with Crippen molar-refractivity contribution in [2.24, 2.45) is 5.41 Å². The molecule has 2 aromatic carbocycles. The summed E-state index contributed by atoms with van der Waals surface area (Å²) in [6.45, 7) is 5.96. The number of alkyl halides is 3. The number of halogens is 3. The largest absolute Gasteiger partial charge is 0.416 e. The van der Waals surface area contributed by atoms with Crippen LogP contribution in [0.1, 0.15) is 43.9 Å². The van der Waals surface area contributed by atoms with Crippen molar-refractivity contribution in [1.29, 1.82) is 0 Å². The molecule has 27 heavy (non-hydrogen) atoms. The quantitative estimate of drug-likeness (QED) is 0.680. The van der Waals surface area contributed by atoms with E-state index in [2.05, 4.69) is 5.32 Å². The van der Waals surface area contributed by atoms with Gasteiger partial charge in [0.1, 0.15) is 0 Å². The van der Waals surface area contributed by atoms with Crippen LogP contribution in [0.5, 0.6) is 0 Å². The first kappa shape index (κ1) is 20.8. The molecule has 0 atom stereocenters. The highest BCUT2D eigenvalue weighted by atomic mass is 19.4. The van der Waals surface area contributed by atoms with Crippen LogP contribution in [0.2, 0.25) is 0 Å². The van der Waals surface area contributed by atoms with Crippen LogP contribution in [0.15, 0.2) is 42.5 Å². The minimum atomic E-state index is -4.32. The first-order chi connectivity index (χ1) is 12.4. The molecule has 0 heterocycles. The number of nitrogen functional groups attached to an aromatic ring is 1. The number of rotatable bonds is 5. The lowest BCUT2D eigenvalue weighted by atomic mass is 9.92. The Labute approximate surface area is 157 Å². The van der Waals surface area contributed by atoms with Gasteiger partial charge in [-0.1, -0.05) is 39.0 Å². The standard InChI is InChI=1S/C21H25F3N2O/c1-20(2,3)13-19(27)26-18-11-8-15(12-17(18)25)5-4-14-6-9-16(10-7-14)21(22,23)24/h6-12H,4-5,13,25H2,1-3H3,(H,26,27). The smallest absolute Gasteiger partial charge is 0.397 e. The van der Waals surface area contributed by atoms with Gasteiger partial charge in [-0.25, -0.2) is 0 Å². The lowest BCUT2D eigenvalue weighted by molar-refractivity contribution is -0.137. The zero-order valence-corrected chi connectivity index (χ0v) is 15.8. The Morgan fingerprint density at radius 2 is 1.52 bits per heavy atom. The summed E-state index contributed by atoms with van der Waals surface area (Å²) in [5, 5.41) is 2.82. The summed E-state index contributed by atoms with van der Waals surface area (Å²) in [5.41, 5.74) is 8.10. The van der Waals surface area contributed by atoms with Gasteiger partial charge in [0.25, 0.3) is 0 Å². The highest BCUT2D eigenvalue weighted by Crippen LogP contribution is 2.29. The van der Waals surface area contributed by atoms with Crippen molar-refractivity contribution >= 4 is 17.3 Å². The highest BCUT2D eigenvalue weighted by Gasteiger charge is 2.29. The van der Waals surface area contributed by atoms with Gasteiger partial charge in [0, 0.05) is 6.42 Å². The first-order valence-corrected chi connectivity index (χ1v) is 8.78. The maximum absolute atomic E-state index is 12.6. The third kappa shape index (κ3) is 6.62. The van der Waals surface area contributed by atoms with Crippen LogP contribution in [-0.4, -0.2) is 5.91 Å². The molecule has 2 aromatic rings. The molecule has 0 bridgehead atoms. The SMILES string of the molecule is CC(C)(C)CC(=O)Nc1ccc(CCc2ccc(C(F)(F)F)cc2)cc1N. The number of hydrogen-bond acceptors (Lipinski definition) is 2. The highest BCUT2D eigenvalue weighted by molar-refractivity contribution is 5.94. The molecule has 2 rings (SSSR count). The Balaban J connectivity index is 1.96. The molecule has 0 aliphatic rings. The molecular weight excluding hydrogens is 353 g/mol. The van der Waals surface area contributed by atoms with Crippen LogP contribution in [0.4, 0.5) is 24.5 Å². The van der Waals surface area contributed by atoms with Crippen molar-refractivity contribution < 1.29 is 18.0 Å². The molecule has 3 nitrogen and oxygen atoms in total. The molecule has 0 radical (unpaired) electrons. The first-order valence-electron chi connectivity index (χ1n) is 8.78. The van der Waals surface area contributed by atoms with E-state index in [1.807, 2.05) is 26.8 Å². The molecule has 0 aromatic heterocycles. The molecular formula is C21H25F3N2O. The van der Waals surface area contributed by atoms with E-state index in [4.69, 9.17) is 5.73 Å². The number of nitrogens with two attached hydrogens (primary N) is 1. The number of amides is 1. The second kappa shape index (κ2) is 8.03. The van der Waals surface area contributed by atoms with Gasteiger partial charge in [0.2, 0.25) is 5.91 Å². The molecule has 0 spiro atoms. The van der Waals surface area contributed by atoms with Crippen LogP contribution in [0, 0.1) is 5.41 Å². The summed E-state index contributed by atoms with van der Waals surface area (Å²) in [6.07, 6.45) is -2.68. The lowest BCUT2D eigenvalue weighted by Crippen LogP contribution is -2.20. The maximum Gasteiger partial charge on any atom is 0.416 e. The molecule has 0 aliphatic carbocycles. The van der Waals surface area contributed by atoms with Gasteiger partial charge in [-0.2, -0.15) is 13.2 Å². The van der Waals surface area contributed by atoms with Gasteiger partial charge in [-0.3, -0.25) is 4.79 Å². The van der Waals surface area contributed by atoms with Crippen LogP contribution >= 0.6 is 0 Å². The van der Waals surface area contributed by atoms with Crippen molar-refractivity contribution in [3.05, 3.63) is 59.2 Å². The number of nitrogens with one attached hydrogen (secondary N) is 1. The average molecular weight is 378 g/mol. The van der Waals surface area contributed by atoms with E-state index in [0.29, 0.717) is 30.6 Å². The lowest BCUT2D eigenvalue weighted by Gasteiger charge is -2.18. The van der Waals surface area contributed by atoms with Crippen molar-refractivity contribution in [1.82, 2.24) is 0 Å². The Hall–Kier alpha value is -2.50. The van der Waals surface area contributed by atoms with E-state index in [1.165, 1.54) is 12.1 Å². The summed E-state index contributed by atoms with van der Waals surface area (Å²) in [5.74, 6) is -0.0910. The summed E-state index contributed by atoms with van der Waals surface area (Å²) in [6, 6.07) is 10.6. The topological polar surface area (TPSA) is 55.1 Å². The van der Waals surface area contributed by atoms with E-state index in [9.17, 15) is 18.0 Å². The zero-order valence-electron chi connectivity index (χ0n) is 15.8. The minimum absolute atomic E-state index is 0.0910. The van der Waals surface area contributed by atoms with E-state index >= 15 is 0 Å². The van der Waals surface area contributed by atoms with E-state index in [0.717, 1.165) is 23.3 Å². The predicted octanol–water partition coefficient (Wildman–Crippen LogP) is 5.45. The Kier molecular flexibility index (Phi) is 6.19. The van der Waals surface area contributed by atoms with Crippen molar-refractivity contribution in [3.8, 4) is 0 Å². The molecule has 1 amide bonds. The third-order valence-electron chi connectivity index (χ3n) is 4.06. The van der Waals surface area contributed by atoms with Gasteiger partial charge in [0.15, 0.2) is 0 Å². The van der Waals surface area contributed by atoms with Crippen LogP contribution in [-0.2, 0) is 23.8 Å². The van der Waals surface area contributed by atoms with Crippen molar-refractivity contribution in [2.45, 2.75) is 46.2 Å². The normalized spacial score (nSPS) is 12.1. The fourth-order valence-corrected chi connectivity index (χ4v) is 2.71. The fourth-order valence-electron chi connectivity index (χ4n) is 2.71. The van der Waals surface area contributed by atoms with E-state index in [1.54, 1.807) is 12.1 Å². The Morgan fingerprint density at radius 3 is 2.04 bits per heavy atom. The minimum Gasteiger partial charge on any atom is -0.397 e. The number of anilines is 2. The van der Waals surface area contributed by atoms with Crippen molar-refractivity contribution in [2.75, 3.05) is 11.1 Å². The molecule has 146 valence electrons. The summed E-state index contributed by atoms with van der Waals surface area (Å²) in [4.78, 5) is 12.0. The van der Waals surface area contributed by atoms with Crippen molar-refractivity contribution in [3.63, 3.8) is 0 Å². The molecule has 3 N–H and O–H groups in total. The second-order valence-electron chi connectivity index (χ2n) is 7.90. The van der Waals surface area contributed by atoms with Gasteiger partial charge >= 0.3 is 6.18 Å². The predicted molar refractivity (Wildman–Crippen MR) is 102 cm³/mol. The van der Waals surface area contributed by atoms with Gasteiger partial charge in [-0.05, 0) is 53.6 Å². The fraction of sp³-hybridized carbons (Fsp3) is 0.381. The second-order valence-corrected chi connectivity index (χ2v) is 7.90. The van der Waals surface area contributed by atoms with E-state index in [-0.39, 0.29) is 11.3 Å². The Morgan fingerprint density at radius 1 is 0.963 bits per heavy atom. The maximum atomic E-state index is 12.6. The molecule has 0 fully saturated rings. The van der Waals surface area contributed by atoms with Crippen LogP contribution in [0.3, 0.4) is 0 Å². The molecule has 0 unspecified atom stereocenters. The Bertz CT molecular complexity index is 791. The molecule has 6 heteroatoms. The monoisotopic (exact) mass is 378 g/mol. The van der Waals surface area contributed by atoms with E-state index < -0.39 is 11.7 Å². The summed E-state index contributed by atoms with van der Waals surface area (Å²) in [7, 11) is 0. The number of carbonyl (C=O) groups excluding carboxylic acids is 1. The zero-order chi connectivity index (χ0) is 20.2. The van der Waals surface area contributed by atoms with Gasteiger partial charge < -0.3 is 11.1 Å². The van der Waals surface area contributed by atoms with Gasteiger partial charge in [-0.15, -0.1) is 0 Å². The number of hydrogen-bond donors (Lipinski definition) is 2. The molecule has 0 saturated carbocycles. The van der Waals surface area contributed by atoms with Crippen LogP contribution in [0.25, 0.3) is 0 Å². The number of benzene rings is 2.